The van der Waals surface area contributed by atoms with Crippen LogP contribution in [0.1, 0.15) is 5.89 Å². The molecule has 1 aromatic heterocycles. The predicted molar refractivity (Wildman–Crippen MR) is 64.6 cm³/mol. The van der Waals surface area contributed by atoms with Crippen molar-refractivity contribution in [3.63, 3.8) is 0 Å². The van der Waals surface area contributed by atoms with Crippen LogP contribution in [0.4, 0.5) is 11.7 Å². The number of nitrogens with zero attached hydrogens (tertiary/aromatic N) is 2. The Kier molecular flexibility index (Phi) is 3.17. The monoisotopic (exact) mass is 316 g/mol. The van der Waals surface area contributed by atoms with E-state index in [9.17, 15) is 0 Å². The molecule has 0 aliphatic carbocycles. The molecule has 2 aromatic rings. The highest BCUT2D eigenvalue weighted by Gasteiger charge is 2.03. The molecule has 78 valence electrons. The van der Waals surface area contributed by atoms with E-state index in [2.05, 4.69) is 38.1 Å². The van der Waals surface area contributed by atoms with Crippen molar-refractivity contribution in [3.8, 4) is 0 Å². The van der Waals surface area contributed by atoms with Crippen LogP contribution in [-0.4, -0.2) is 10.2 Å². The lowest BCUT2D eigenvalue weighted by Crippen LogP contribution is -1.95. The molecule has 0 bridgehead atoms. The summed E-state index contributed by atoms with van der Waals surface area (Å²) in [6.45, 7) is 0.251. The minimum absolute atomic E-state index is 0.251. The van der Waals surface area contributed by atoms with Gasteiger partial charge in [0.1, 0.15) is 0 Å². The summed E-state index contributed by atoms with van der Waals surface area (Å²) < 4.78 is 6.38. The van der Waals surface area contributed by atoms with E-state index < -0.39 is 0 Å². The van der Waals surface area contributed by atoms with Gasteiger partial charge in [0.25, 0.3) is 0 Å². The van der Waals surface area contributed by atoms with Gasteiger partial charge >= 0.3 is 6.01 Å². The lowest BCUT2D eigenvalue weighted by Gasteiger charge is -1.99. The van der Waals surface area contributed by atoms with E-state index in [1.54, 1.807) is 0 Å². The summed E-state index contributed by atoms with van der Waals surface area (Å²) in [5.74, 6) is 0.419. The van der Waals surface area contributed by atoms with Crippen LogP contribution >= 0.6 is 22.6 Å². The molecule has 1 heterocycles. The Morgan fingerprint density at radius 2 is 2.00 bits per heavy atom. The highest BCUT2D eigenvalue weighted by molar-refractivity contribution is 14.1. The minimum atomic E-state index is 0.251. The summed E-state index contributed by atoms with van der Waals surface area (Å²) >= 11 is 2.24. The number of rotatable bonds is 3. The van der Waals surface area contributed by atoms with Crippen LogP contribution in [0.2, 0.25) is 0 Å². The Bertz CT molecular complexity index is 440. The van der Waals surface area contributed by atoms with Crippen LogP contribution < -0.4 is 11.1 Å². The Balaban J connectivity index is 2.11. The number of hydrogen-bond acceptors (Lipinski definition) is 5. The zero-order valence-corrected chi connectivity index (χ0v) is 9.93. The first-order valence-corrected chi connectivity index (χ1v) is 5.41. The molecule has 5 nitrogen and oxygen atoms in total. The third kappa shape index (κ3) is 2.66. The van der Waals surface area contributed by atoms with Crippen LogP contribution in [0.25, 0.3) is 0 Å². The molecule has 3 N–H and O–H groups in total. The second kappa shape index (κ2) is 4.58. The normalized spacial score (nSPS) is 10.3. The zero-order valence-electron chi connectivity index (χ0n) is 7.77. The lowest BCUT2D eigenvalue weighted by molar-refractivity contribution is 0.511. The van der Waals surface area contributed by atoms with Crippen LogP contribution in [0.5, 0.6) is 0 Å². The number of nitrogens with one attached hydrogen (secondary N) is 1. The fourth-order valence-corrected chi connectivity index (χ4v) is 1.40. The highest BCUT2D eigenvalue weighted by atomic mass is 127. The maximum Gasteiger partial charge on any atom is 0.320 e. The SMILES string of the molecule is NCc1nnc(Nc2ccc(I)cc2)o1. The molecule has 15 heavy (non-hydrogen) atoms. The van der Waals surface area contributed by atoms with Crippen LogP contribution in [0.15, 0.2) is 28.7 Å². The summed E-state index contributed by atoms with van der Waals surface area (Å²) in [7, 11) is 0. The number of aromatic nitrogens is 2. The zero-order chi connectivity index (χ0) is 10.7. The van der Waals surface area contributed by atoms with Crippen LogP contribution in [-0.2, 0) is 6.54 Å². The molecule has 0 unspecified atom stereocenters. The van der Waals surface area contributed by atoms with Gasteiger partial charge in [-0.05, 0) is 46.9 Å². The van der Waals surface area contributed by atoms with Crippen molar-refractivity contribution >= 4 is 34.3 Å². The summed E-state index contributed by atoms with van der Waals surface area (Å²) in [6, 6.07) is 8.21. The fourth-order valence-electron chi connectivity index (χ4n) is 1.04. The van der Waals surface area contributed by atoms with Crippen LogP contribution in [0, 0.1) is 3.57 Å². The van der Waals surface area contributed by atoms with Crippen molar-refractivity contribution in [2.45, 2.75) is 6.54 Å². The Labute approximate surface area is 100 Å². The van der Waals surface area contributed by atoms with Gasteiger partial charge in [-0.2, -0.15) is 0 Å². The topological polar surface area (TPSA) is 77.0 Å². The third-order valence-electron chi connectivity index (χ3n) is 1.74. The van der Waals surface area contributed by atoms with Crippen molar-refractivity contribution in [2.75, 3.05) is 5.32 Å². The summed E-state index contributed by atoms with van der Waals surface area (Å²) in [5, 5.41) is 10.5. The Morgan fingerprint density at radius 3 is 2.60 bits per heavy atom. The van der Waals surface area contributed by atoms with Gasteiger partial charge in [0.05, 0.1) is 6.54 Å². The van der Waals surface area contributed by atoms with Crippen molar-refractivity contribution in [2.24, 2.45) is 5.73 Å². The summed E-state index contributed by atoms with van der Waals surface area (Å²) in [4.78, 5) is 0. The van der Waals surface area contributed by atoms with Crippen molar-refractivity contribution in [1.29, 1.82) is 0 Å². The van der Waals surface area contributed by atoms with Gasteiger partial charge in [-0.3, -0.25) is 0 Å². The van der Waals surface area contributed by atoms with E-state index >= 15 is 0 Å². The molecule has 0 saturated carbocycles. The van der Waals surface area contributed by atoms with E-state index in [4.69, 9.17) is 10.2 Å². The second-order valence-corrected chi connectivity index (χ2v) is 4.08. The molecular weight excluding hydrogens is 307 g/mol. The third-order valence-corrected chi connectivity index (χ3v) is 2.46. The largest absolute Gasteiger partial charge is 0.406 e. The summed E-state index contributed by atoms with van der Waals surface area (Å²) in [6.07, 6.45) is 0. The van der Waals surface area contributed by atoms with E-state index in [1.165, 1.54) is 3.57 Å². The number of anilines is 2. The molecule has 0 amide bonds. The summed E-state index contributed by atoms with van der Waals surface area (Å²) in [5.41, 5.74) is 6.26. The standard InChI is InChI=1S/C9H9IN4O/c10-6-1-3-7(4-2-6)12-9-14-13-8(5-11)15-9/h1-4H,5,11H2,(H,12,14). The van der Waals surface area contributed by atoms with Gasteiger partial charge in [0.2, 0.25) is 5.89 Å². The first kappa shape index (κ1) is 10.4. The molecular formula is C9H9IN4O. The van der Waals surface area contributed by atoms with Gasteiger partial charge in [-0.1, -0.05) is 5.10 Å². The minimum Gasteiger partial charge on any atom is -0.406 e. The number of halogens is 1. The van der Waals surface area contributed by atoms with Crippen LogP contribution in [0.3, 0.4) is 0 Å². The Hall–Kier alpha value is -1.15. The number of nitrogens with two attached hydrogens (primary N) is 1. The molecule has 0 aliphatic rings. The number of benzene rings is 1. The van der Waals surface area contributed by atoms with Crippen molar-refractivity contribution in [1.82, 2.24) is 10.2 Å². The van der Waals surface area contributed by atoms with E-state index in [-0.39, 0.29) is 6.54 Å². The molecule has 0 spiro atoms. The van der Waals surface area contributed by atoms with E-state index in [1.807, 2.05) is 24.3 Å². The first-order chi connectivity index (χ1) is 7.28. The molecule has 0 aliphatic heterocycles. The molecule has 6 heteroatoms. The Morgan fingerprint density at radius 1 is 1.27 bits per heavy atom. The average molecular weight is 316 g/mol. The van der Waals surface area contributed by atoms with Gasteiger partial charge < -0.3 is 15.5 Å². The average Bonchev–Trinajstić information content (AvgIpc) is 2.69. The quantitative estimate of drug-likeness (QED) is 0.846. The maximum absolute atomic E-state index is 5.35. The highest BCUT2D eigenvalue weighted by Crippen LogP contribution is 2.16. The van der Waals surface area contributed by atoms with Gasteiger partial charge in [0.15, 0.2) is 0 Å². The van der Waals surface area contributed by atoms with Crippen molar-refractivity contribution < 1.29 is 4.42 Å². The lowest BCUT2D eigenvalue weighted by atomic mass is 10.3. The maximum atomic E-state index is 5.35. The second-order valence-electron chi connectivity index (χ2n) is 2.84. The smallest absolute Gasteiger partial charge is 0.320 e. The van der Waals surface area contributed by atoms with Gasteiger partial charge in [-0.15, -0.1) is 5.10 Å². The van der Waals surface area contributed by atoms with E-state index in [0.29, 0.717) is 11.9 Å². The number of hydrogen-bond donors (Lipinski definition) is 2. The van der Waals surface area contributed by atoms with Gasteiger partial charge in [0, 0.05) is 9.26 Å². The van der Waals surface area contributed by atoms with Gasteiger partial charge in [-0.25, -0.2) is 0 Å². The molecule has 0 saturated heterocycles. The molecule has 0 radical (unpaired) electrons. The molecule has 0 fully saturated rings. The van der Waals surface area contributed by atoms with Crippen molar-refractivity contribution in [3.05, 3.63) is 33.7 Å². The molecule has 2 rings (SSSR count). The molecule has 1 aromatic carbocycles. The van der Waals surface area contributed by atoms with E-state index in [0.717, 1.165) is 5.69 Å². The predicted octanol–water partition coefficient (Wildman–Crippen LogP) is 1.88. The fraction of sp³-hybridized carbons (Fsp3) is 0.111. The first-order valence-electron chi connectivity index (χ1n) is 4.33. The molecule has 0 atom stereocenters.